The monoisotopic (exact) mass is 499 g/mol. The van der Waals surface area contributed by atoms with E-state index in [1.54, 1.807) is 0 Å². The maximum absolute atomic E-state index is 5.10. The number of aromatic nitrogens is 2. The Morgan fingerprint density at radius 3 is 2.55 bits per heavy atom. The third kappa shape index (κ3) is 4.28. The van der Waals surface area contributed by atoms with Crippen molar-refractivity contribution in [1.82, 2.24) is 9.97 Å². The first-order valence-corrected chi connectivity index (χ1v) is 12.4. The van der Waals surface area contributed by atoms with Gasteiger partial charge in [0.1, 0.15) is 5.82 Å². The van der Waals surface area contributed by atoms with Crippen molar-refractivity contribution in [2.24, 2.45) is 5.92 Å². The Bertz CT molecular complexity index is 1390. The number of hydrogen-bond donors (Lipinski definition) is 2. The topological polar surface area (TPSA) is 40.7 Å². The fourth-order valence-corrected chi connectivity index (χ4v) is 4.63. The predicted octanol–water partition coefficient (Wildman–Crippen LogP) is 8.67. The quantitative estimate of drug-likeness (QED) is 0.294. The molecule has 33 heavy (non-hydrogen) atoms. The zero-order valence-electron chi connectivity index (χ0n) is 19.7. The van der Waals surface area contributed by atoms with Crippen LogP contribution in [0, 0.1) is 5.92 Å². The average molecular weight is 500 g/mol. The third-order valence-electron chi connectivity index (χ3n) is 5.71. The van der Waals surface area contributed by atoms with Crippen LogP contribution in [0.1, 0.15) is 50.2 Å². The van der Waals surface area contributed by atoms with Gasteiger partial charge in [-0.15, -0.1) is 0 Å². The normalized spacial score (nSPS) is 13.0. The molecule has 0 spiro atoms. The van der Waals surface area contributed by atoms with Crippen LogP contribution in [0.4, 0.5) is 5.69 Å². The van der Waals surface area contributed by atoms with Gasteiger partial charge in [-0.2, -0.15) is 0 Å². The molecule has 0 aliphatic carbocycles. The first-order chi connectivity index (χ1) is 16.1. The van der Waals surface area contributed by atoms with Crippen molar-refractivity contribution in [3.05, 3.63) is 88.2 Å². The van der Waals surface area contributed by atoms with Gasteiger partial charge in [0.2, 0.25) is 0 Å². The Morgan fingerprint density at radius 1 is 1.06 bits per heavy atom. The summed E-state index contributed by atoms with van der Waals surface area (Å²) in [6, 6.07) is 14.8. The number of hydrogen-bond acceptors (Lipinski definition) is 2. The van der Waals surface area contributed by atoms with Crippen molar-refractivity contribution in [2.75, 3.05) is 11.9 Å². The van der Waals surface area contributed by atoms with Gasteiger partial charge in [0.25, 0.3) is 0 Å². The number of halogens is 1. The lowest BCUT2D eigenvalue weighted by atomic mass is 9.95. The van der Waals surface area contributed by atoms with E-state index >= 15 is 0 Å². The van der Waals surface area contributed by atoms with E-state index in [1.165, 1.54) is 10.9 Å². The molecule has 3 aromatic carbocycles. The van der Waals surface area contributed by atoms with E-state index in [4.69, 9.17) is 4.98 Å². The summed E-state index contributed by atoms with van der Waals surface area (Å²) in [7, 11) is 0. The highest BCUT2D eigenvalue weighted by molar-refractivity contribution is 9.10. The zero-order valence-corrected chi connectivity index (χ0v) is 21.3. The molecular formula is C29H30BrN3. The second-order valence-electron chi connectivity index (χ2n) is 8.18. The van der Waals surface area contributed by atoms with Gasteiger partial charge in [-0.3, -0.25) is 0 Å². The van der Waals surface area contributed by atoms with Crippen LogP contribution >= 0.6 is 15.9 Å². The Labute approximate surface area is 204 Å². The Hall–Kier alpha value is -3.11. The summed E-state index contributed by atoms with van der Waals surface area (Å²) in [5.41, 5.74) is 7.67. The highest BCUT2D eigenvalue weighted by Crippen LogP contribution is 2.38. The van der Waals surface area contributed by atoms with Crippen molar-refractivity contribution in [3.8, 4) is 0 Å². The second-order valence-corrected chi connectivity index (χ2v) is 9.09. The van der Waals surface area contributed by atoms with Gasteiger partial charge in [-0.1, -0.05) is 98.8 Å². The van der Waals surface area contributed by atoms with Crippen LogP contribution in [-0.4, -0.2) is 16.5 Å². The number of nitrogens with one attached hydrogen (secondary N) is 2. The van der Waals surface area contributed by atoms with Gasteiger partial charge in [0.15, 0.2) is 0 Å². The molecule has 1 aliphatic rings. The molecule has 3 nitrogen and oxygen atoms in total. The molecule has 1 aromatic heterocycles. The van der Waals surface area contributed by atoms with Crippen molar-refractivity contribution in [1.29, 1.82) is 0 Å². The van der Waals surface area contributed by atoms with Crippen molar-refractivity contribution < 1.29 is 0 Å². The molecule has 1 aliphatic heterocycles. The number of aromatic amines is 1. The Balaban J connectivity index is 0.00000126. The molecule has 0 saturated heterocycles. The van der Waals surface area contributed by atoms with E-state index in [-0.39, 0.29) is 0 Å². The highest BCUT2D eigenvalue weighted by Gasteiger charge is 2.20. The van der Waals surface area contributed by atoms with Crippen molar-refractivity contribution in [3.63, 3.8) is 0 Å². The molecular weight excluding hydrogens is 470 g/mol. The lowest BCUT2D eigenvalue weighted by Crippen LogP contribution is -2.09. The fraction of sp³-hybridized carbons (Fsp3) is 0.207. The number of allylic oxidation sites excluding steroid dienone is 1. The maximum atomic E-state index is 5.10. The zero-order chi connectivity index (χ0) is 23.5. The number of benzene rings is 3. The summed E-state index contributed by atoms with van der Waals surface area (Å²) in [4.78, 5) is 8.74. The number of nitrogens with zero attached hydrogens (tertiary/aromatic N) is 1. The minimum atomic E-state index is 0.472. The molecule has 4 heteroatoms. The van der Waals surface area contributed by atoms with E-state index < -0.39 is 0 Å². The summed E-state index contributed by atoms with van der Waals surface area (Å²) in [5.74, 6) is 1.35. The molecule has 168 valence electrons. The first kappa shape index (κ1) is 23.1. The van der Waals surface area contributed by atoms with Gasteiger partial charge >= 0.3 is 0 Å². The van der Waals surface area contributed by atoms with Gasteiger partial charge in [0, 0.05) is 38.8 Å². The van der Waals surface area contributed by atoms with Crippen LogP contribution in [0.5, 0.6) is 0 Å². The van der Waals surface area contributed by atoms with Gasteiger partial charge in [0.05, 0.1) is 11.0 Å². The molecule has 0 amide bonds. The minimum Gasteiger partial charge on any atom is -0.381 e. The van der Waals surface area contributed by atoms with E-state index in [9.17, 15) is 0 Å². The summed E-state index contributed by atoms with van der Waals surface area (Å²) in [5, 5.41) is 5.80. The van der Waals surface area contributed by atoms with E-state index in [1.807, 2.05) is 19.9 Å². The highest BCUT2D eigenvalue weighted by atomic mass is 79.9. The van der Waals surface area contributed by atoms with Gasteiger partial charge in [-0.25, -0.2) is 4.98 Å². The lowest BCUT2D eigenvalue weighted by Gasteiger charge is -2.18. The maximum Gasteiger partial charge on any atom is 0.138 e. The van der Waals surface area contributed by atoms with Crippen LogP contribution in [0.15, 0.2) is 65.7 Å². The summed E-state index contributed by atoms with van der Waals surface area (Å²) in [6.45, 7) is 13.3. The Kier molecular flexibility index (Phi) is 6.85. The van der Waals surface area contributed by atoms with Crippen LogP contribution in [-0.2, 0) is 0 Å². The molecule has 0 atom stereocenters. The van der Waals surface area contributed by atoms with Crippen LogP contribution in [0.25, 0.3) is 39.5 Å². The van der Waals surface area contributed by atoms with Crippen molar-refractivity contribution in [2.45, 2.75) is 27.7 Å². The Morgan fingerprint density at radius 2 is 1.82 bits per heavy atom. The third-order valence-corrected chi connectivity index (χ3v) is 6.21. The minimum absolute atomic E-state index is 0.472. The largest absolute Gasteiger partial charge is 0.381 e. The van der Waals surface area contributed by atoms with Gasteiger partial charge in [-0.05, 0) is 35.1 Å². The number of anilines is 1. The molecule has 2 heterocycles. The average Bonchev–Trinajstić information content (AvgIpc) is 3.28. The summed E-state index contributed by atoms with van der Waals surface area (Å²) in [6.07, 6.45) is 8.60. The van der Waals surface area contributed by atoms with Crippen LogP contribution in [0.2, 0.25) is 0 Å². The molecule has 0 saturated carbocycles. The second kappa shape index (κ2) is 9.80. The predicted molar refractivity (Wildman–Crippen MR) is 149 cm³/mol. The van der Waals surface area contributed by atoms with E-state index in [2.05, 4.69) is 107 Å². The molecule has 0 radical (unpaired) electrons. The molecule has 0 unspecified atom stereocenters. The first-order valence-electron chi connectivity index (χ1n) is 11.6. The lowest BCUT2D eigenvalue weighted by molar-refractivity contribution is 0.836. The number of fused-ring (bicyclic) bond motifs is 4. The fourth-order valence-electron chi connectivity index (χ4n) is 4.27. The summed E-state index contributed by atoms with van der Waals surface area (Å²) >= 11 is 3.61. The number of rotatable bonds is 4. The molecule has 0 fully saturated rings. The molecule has 5 rings (SSSR count). The summed E-state index contributed by atoms with van der Waals surface area (Å²) < 4.78 is 1.05. The van der Waals surface area contributed by atoms with Crippen LogP contribution < -0.4 is 5.32 Å². The standard InChI is InChI=1S/C27H24BrN3.C2H6/c1-4-18-20(11-9-16(2)3)19-7-5-6-8-21(19)26-25(18)30-27(31-26)22-13-14-29-24-12-10-17(28)15-23(22)24;1-2/h4-13,15-16,29H,1,14H2,2-3H3,(H,30,31);1-2H3/b11-9-;. The molecule has 0 bridgehead atoms. The smallest absolute Gasteiger partial charge is 0.138 e. The molecule has 4 aromatic rings. The van der Waals surface area contributed by atoms with Crippen LogP contribution in [0.3, 0.4) is 0 Å². The van der Waals surface area contributed by atoms with Crippen molar-refractivity contribution >= 4 is 61.1 Å². The van der Waals surface area contributed by atoms with E-state index in [0.717, 1.165) is 55.6 Å². The van der Waals surface area contributed by atoms with Gasteiger partial charge < -0.3 is 10.3 Å². The number of H-pyrrole nitrogens is 1. The van der Waals surface area contributed by atoms with E-state index in [0.29, 0.717) is 5.92 Å². The number of imidazole rings is 1. The molecule has 2 N–H and O–H groups in total. The SMILES string of the molecule is C=Cc1c(/C=C\C(C)C)c2ccccc2c2nc(C3=CCNc4ccc(Br)cc43)[nH]c12.CC.